The zero-order valence-electron chi connectivity index (χ0n) is 10.1. The van der Waals surface area contributed by atoms with E-state index in [9.17, 15) is 4.79 Å². The lowest BCUT2D eigenvalue weighted by atomic mass is 10.00. The van der Waals surface area contributed by atoms with E-state index < -0.39 is 6.04 Å². The number of nitrogens with two attached hydrogens (primary N) is 1. The minimum absolute atomic E-state index is 0.362. The van der Waals surface area contributed by atoms with Gasteiger partial charge in [-0.3, -0.25) is 4.79 Å². The summed E-state index contributed by atoms with van der Waals surface area (Å²) in [5.41, 5.74) is 9.29. The molecule has 1 unspecified atom stereocenters. The van der Waals surface area contributed by atoms with E-state index in [1.165, 1.54) is 18.2 Å². The molecule has 3 heteroatoms. The fourth-order valence-corrected chi connectivity index (χ4v) is 1.76. The van der Waals surface area contributed by atoms with Gasteiger partial charge in [0, 0.05) is 0 Å². The molecule has 2 N–H and O–H groups in total. The van der Waals surface area contributed by atoms with Crippen LogP contribution in [0.5, 0.6) is 0 Å². The van der Waals surface area contributed by atoms with Gasteiger partial charge in [-0.2, -0.15) is 0 Å². The molecular weight excluding hydrogens is 202 g/mol. The predicted octanol–water partition coefficient (Wildman–Crippen LogP) is 1.60. The molecular formula is C13H19NO2. The number of carbonyl (C=O) groups excluding carboxylic acids is 1. The smallest absolute Gasteiger partial charge is 0.322 e. The number of methoxy groups -OCH3 is 1. The third-order valence-corrected chi connectivity index (χ3v) is 2.56. The molecule has 3 nitrogen and oxygen atoms in total. The van der Waals surface area contributed by atoms with Crippen LogP contribution in [0.1, 0.15) is 23.6 Å². The minimum Gasteiger partial charge on any atom is -0.468 e. The van der Waals surface area contributed by atoms with Crippen molar-refractivity contribution < 1.29 is 9.53 Å². The molecule has 0 radical (unpaired) electrons. The van der Waals surface area contributed by atoms with Crippen molar-refractivity contribution in [3.8, 4) is 0 Å². The summed E-state index contributed by atoms with van der Waals surface area (Å²) >= 11 is 0. The summed E-state index contributed by atoms with van der Waals surface area (Å²) in [7, 11) is 1.36. The third-order valence-electron chi connectivity index (χ3n) is 2.56. The monoisotopic (exact) mass is 221 g/mol. The molecule has 1 aromatic rings. The van der Waals surface area contributed by atoms with Crippen molar-refractivity contribution in [2.45, 2.75) is 32.7 Å². The Morgan fingerprint density at radius 3 is 2.56 bits per heavy atom. The Bertz CT molecular complexity index is 374. The van der Waals surface area contributed by atoms with Gasteiger partial charge in [0.1, 0.15) is 6.04 Å². The van der Waals surface area contributed by atoms with E-state index in [0.717, 1.165) is 12.0 Å². The van der Waals surface area contributed by atoms with E-state index in [2.05, 4.69) is 29.9 Å². The van der Waals surface area contributed by atoms with Crippen molar-refractivity contribution in [1.29, 1.82) is 0 Å². The van der Waals surface area contributed by atoms with Gasteiger partial charge >= 0.3 is 5.97 Å². The van der Waals surface area contributed by atoms with Crippen LogP contribution in [0.25, 0.3) is 0 Å². The summed E-state index contributed by atoms with van der Waals surface area (Å²) in [6.45, 7) is 4.16. The minimum atomic E-state index is -0.573. The van der Waals surface area contributed by atoms with Crippen molar-refractivity contribution in [3.05, 3.63) is 34.9 Å². The Morgan fingerprint density at radius 1 is 1.38 bits per heavy atom. The third kappa shape index (κ3) is 3.35. The van der Waals surface area contributed by atoms with Crippen molar-refractivity contribution in [2.75, 3.05) is 7.11 Å². The Morgan fingerprint density at radius 2 is 2.00 bits per heavy atom. The largest absolute Gasteiger partial charge is 0.468 e. The van der Waals surface area contributed by atoms with E-state index in [0.29, 0.717) is 6.42 Å². The maximum absolute atomic E-state index is 11.2. The summed E-state index contributed by atoms with van der Waals surface area (Å²) in [6.07, 6.45) is 1.52. The Labute approximate surface area is 96.6 Å². The number of benzene rings is 1. The summed E-state index contributed by atoms with van der Waals surface area (Å²) in [6, 6.07) is 5.72. The van der Waals surface area contributed by atoms with E-state index in [1.807, 2.05) is 6.92 Å². The lowest BCUT2D eigenvalue weighted by Crippen LogP contribution is -2.33. The fraction of sp³-hybridized carbons (Fsp3) is 0.462. The molecule has 1 rings (SSSR count). The zero-order chi connectivity index (χ0) is 12.1. The molecule has 0 aliphatic rings. The molecule has 16 heavy (non-hydrogen) atoms. The van der Waals surface area contributed by atoms with Gasteiger partial charge in [-0.15, -0.1) is 0 Å². The van der Waals surface area contributed by atoms with Crippen LogP contribution < -0.4 is 5.73 Å². The first kappa shape index (κ1) is 12.7. The molecule has 0 saturated heterocycles. The molecule has 0 amide bonds. The normalized spacial score (nSPS) is 12.2. The number of aryl methyl sites for hydroxylation is 2. The molecule has 0 heterocycles. The highest BCUT2D eigenvalue weighted by Crippen LogP contribution is 2.12. The number of esters is 1. The molecule has 0 bridgehead atoms. The van der Waals surface area contributed by atoms with Crippen LogP contribution in [0.2, 0.25) is 0 Å². The second kappa shape index (κ2) is 5.66. The van der Waals surface area contributed by atoms with E-state index in [4.69, 9.17) is 5.73 Å². The molecule has 0 fully saturated rings. The molecule has 0 aliphatic carbocycles. The molecule has 0 saturated carbocycles. The SMILES string of the molecule is CCc1cc(C)cc(CC(N)C(=O)OC)c1. The molecule has 0 aliphatic heterocycles. The number of hydrogen-bond acceptors (Lipinski definition) is 3. The maximum atomic E-state index is 11.2. The van der Waals surface area contributed by atoms with Gasteiger partial charge in [0.15, 0.2) is 0 Å². The van der Waals surface area contributed by atoms with Gasteiger partial charge in [0.2, 0.25) is 0 Å². The molecule has 0 spiro atoms. The van der Waals surface area contributed by atoms with Crippen LogP contribution in [-0.4, -0.2) is 19.1 Å². The van der Waals surface area contributed by atoms with Crippen molar-refractivity contribution in [1.82, 2.24) is 0 Å². The van der Waals surface area contributed by atoms with Crippen molar-refractivity contribution in [3.63, 3.8) is 0 Å². The lowest BCUT2D eigenvalue weighted by Gasteiger charge is -2.11. The maximum Gasteiger partial charge on any atom is 0.322 e. The second-order valence-corrected chi connectivity index (χ2v) is 4.01. The topological polar surface area (TPSA) is 52.3 Å². The Hall–Kier alpha value is -1.35. The van der Waals surface area contributed by atoms with Crippen molar-refractivity contribution in [2.24, 2.45) is 5.73 Å². The molecule has 1 atom stereocenters. The molecule has 1 aromatic carbocycles. The van der Waals surface area contributed by atoms with Crippen LogP contribution in [0.4, 0.5) is 0 Å². The first-order chi connectivity index (χ1) is 7.56. The van der Waals surface area contributed by atoms with Crippen LogP contribution in [0, 0.1) is 6.92 Å². The summed E-state index contributed by atoms with van der Waals surface area (Å²) in [4.78, 5) is 11.2. The van der Waals surface area contributed by atoms with E-state index >= 15 is 0 Å². The van der Waals surface area contributed by atoms with Crippen LogP contribution in [0.15, 0.2) is 18.2 Å². The van der Waals surface area contributed by atoms with Gasteiger partial charge in [-0.25, -0.2) is 0 Å². The first-order valence-electron chi connectivity index (χ1n) is 5.49. The van der Waals surface area contributed by atoms with Crippen LogP contribution >= 0.6 is 0 Å². The lowest BCUT2D eigenvalue weighted by molar-refractivity contribution is -0.142. The molecule has 0 aromatic heterocycles. The van der Waals surface area contributed by atoms with Gasteiger partial charge in [-0.05, 0) is 30.9 Å². The summed E-state index contributed by atoms with van der Waals surface area (Å²) in [5, 5.41) is 0. The summed E-state index contributed by atoms with van der Waals surface area (Å²) in [5.74, 6) is -0.362. The Kier molecular flexibility index (Phi) is 4.50. The van der Waals surface area contributed by atoms with E-state index in [1.54, 1.807) is 0 Å². The number of hydrogen-bond donors (Lipinski definition) is 1. The predicted molar refractivity (Wildman–Crippen MR) is 64.3 cm³/mol. The van der Waals surface area contributed by atoms with Crippen molar-refractivity contribution >= 4 is 5.97 Å². The summed E-state index contributed by atoms with van der Waals surface area (Å²) < 4.78 is 4.61. The quantitative estimate of drug-likeness (QED) is 0.786. The zero-order valence-corrected chi connectivity index (χ0v) is 10.1. The Balaban J connectivity index is 2.80. The second-order valence-electron chi connectivity index (χ2n) is 4.01. The number of rotatable bonds is 4. The highest BCUT2D eigenvalue weighted by Gasteiger charge is 2.14. The van der Waals surface area contributed by atoms with Gasteiger partial charge in [-0.1, -0.05) is 30.7 Å². The van der Waals surface area contributed by atoms with Gasteiger partial charge < -0.3 is 10.5 Å². The van der Waals surface area contributed by atoms with E-state index in [-0.39, 0.29) is 5.97 Å². The average Bonchev–Trinajstić information content (AvgIpc) is 2.26. The van der Waals surface area contributed by atoms with Gasteiger partial charge in [0.05, 0.1) is 7.11 Å². The average molecular weight is 221 g/mol. The highest BCUT2D eigenvalue weighted by atomic mass is 16.5. The fourth-order valence-electron chi connectivity index (χ4n) is 1.76. The van der Waals surface area contributed by atoms with Crippen LogP contribution in [-0.2, 0) is 22.4 Å². The first-order valence-corrected chi connectivity index (χ1v) is 5.49. The van der Waals surface area contributed by atoms with Crippen LogP contribution in [0.3, 0.4) is 0 Å². The molecule has 88 valence electrons. The number of ether oxygens (including phenoxy) is 1. The standard InChI is InChI=1S/C13H19NO2/c1-4-10-5-9(2)6-11(7-10)8-12(14)13(15)16-3/h5-7,12H,4,8,14H2,1-3H3. The highest BCUT2D eigenvalue weighted by molar-refractivity contribution is 5.75. The number of carbonyl (C=O) groups is 1. The van der Waals surface area contributed by atoms with Gasteiger partial charge in [0.25, 0.3) is 0 Å².